The molecular weight excluding hydrogens is 437 g/mol. The van der Waals surface area contributed by atoms with Gasteiger partial charge in [-0.05, 0) is 24.3 Å². The molecule has 33 heavy (non-hydrogen) atoms. The Bertz CT molecular complexity index is 1360. The molecule has 0 fully saturated rings. The maximum Gasteiger partial charge on any atom is 0.450 e. The van der Waals surface area contributed by atoms with Gasteiger partial charge >= 0.3 is 6.18 Å². The Hall–Kier alpha value is -3.94. The summed E-state index contributed by atoms with van der Waals surface area (Å²) >= 11 is 0. The molecule has 1 heterocycles. The highest BCUT2D eigenvalue weighted by molar-refractivity contribution is 5.85. The molecule has 5 nitrogen and oxygen atoms in total. The zero-order valence-corrected chi connectivity index (χ0v) is 17.7. The Balaban J connectivity index is 1.81. The summed E-state index contributed by atoms with van der Waals surface area (Å²) in [5, 5.41) is -0.00597. The van der Waals surface area contributed by atoms with E-state index in [1.54, 1.807) is 18.2 Å². The second-order valence-electron chi connectivity index (χ2n) is 7.09. The lowest BCUT2D eigenvalue weighted by Gasteiger charge is -2.15. The largest absolute Gasteiger partial charge is 0.496 e. The van der Waals surface area contributed by atoms with E-state index in [9.17, 15) is 18.0 Å². The average Bonchev–Trinajstić information content (AvgIpc) is 2.82. The van der Waals surface area contributed by atoms with Crippen LogP contribution in [0, 0.1) is 0 Å². The van der Waals surface area contributed by atoms with Crippen LogP contribution >= 0.6 is 0 Å². The molecule has 0 aliphatic rings. The maximum absolute atomic E-state index is 13.9. The number of ether oxygens (including phenoxy) is 3. The number of para-hydroxylation sites is 2. The maximum atomic E-state index is 13.9. The minimum atomic E-state index is -4.90. The summed E-state index contributed by atoms with van der Waals surface area (Å²) in [5.41, 5.74) is -0.897. The molecule has 4 rings (SSSR count). The van der Waals surface area contributed by atoms with Crippen molar-refractivity contribution in [3.63, 3.8) is 0 Å². The number of hydrogen-bond donors (Lipinski definition) is 0. The highest BCUT2D eigenvalue weighted by Gasteiger charge is 2.40. The highest BCUT2D eigenvalue weighted by atomic mass is 19.4. The fourth-order valence-electron chi connectivity index (χ4n) is 3.54. The summed E-state index contributed by atoms with van der Waals surface area (Å²) in [6.07, 6.45) is -4.90. The van der Waals surface area contributed by atoms with Gasteiger partial charge in [-0.1, -0.05) is 36.4 Å². The molecular formula is C25H19F3O5. The normalized spacial score (nSPS) is 11.4. The molecule has 0 atom stereocenters. The second-order valence-corrected chi connectivity index (χ2v) is 7.09. The lowest BCUT2D eigenvalue weighted by Crippen LogP contribution is -2.16. The molecule has 0 aliphatic heterocycles. The van der Waals surface area contributed by atoms with Crippen LogP contribution in [0.25, 0.3) is 22.1 Å². The van der Waals surface area contributed by atoms with Gasteiger partial charge in [0.1, 0.15) is 29.4 Å². The van der Waals surface area contributed by atoms with Crippen LogP contribution in [-0.4, -0.2) is 14.2 Å². The molecule has 170 valence electrons. The van der Waals surface area contributed by atoms with Crippen molar-refractivity contribution in [3.05, 3.63) is 88.3 Å². The number of alkyl halides is 3. The summed E-state index contributed by atoms with van der Waals surface area (Å²) < 4.78 is 63.1. The molecule has 0 saturated heterocycles. The zero-order valence-electron chi connectivity index (χ0n) is 17.7. The highest BCUT2D eigenvalue weighted by Crippen LogP contribution is 2.40. The van der Waals surface area contributed by atoms with E-state index in [1.807, 2.05) is 12.1 Å². The van der Waals surface area contributed by atoms with Gasteiger partial charge < -0.3 is 18.6 Å². The fourth-order valence-corrected chi connectivity index (χ4v) is 3.54. The third kappa shape index (κ3) is 4.37. The number of rotatable bonds is 6. The van der Waals surface area contributed by atoms with Crippen molar-refractivity contribution in [2.24, 2.45) is 0 Å². The van der Waals surface area contributed by atoms with Gasteiger partial charge in [0, 0.05) is 17.2 Å². The molecule has 0 N–H and O–H groups in total. The molecule has 0 spiro atoms. The third-order valence-corrected chi connectivity index (χ3v) is 5.08. The van der Waals surface area contributed by atoms with Crippen molar-refractivity contribution >= 4 is 11.0 Å². The van der Waals surface area contributed by atoms with Crippen molar-refractivity contribution in [2.75, 3.05) is 14.2 Å². The minimum Gasteiger partial charge on any atom is -0.496 e. The number of benzene rings is 3. The Morgan fingerprint density at radius 2 is 1.55 bits per heavy atom. The number of halogens is 3. The zero-order chi connectivity index (χ0) is 23.6. The average molecular weight is 456 g/mol. The van der Waals surface area contributed by atoms with Crippen molar-refractivity contribution in [1.82, 2.24) is 0 Å². The predicted molar refractivity (Wildman–Crippen MR) is 117 cm³/mol. The molecule has 0 radical (unpaired) electrons. The smallest absolute Gasteiger partial charge is 0.450 e. The SMILES string of the molecule is COc1ccccc1COc1ccc2c(=O)c(-c3ccccc3OC)c(C(F)(F)F)oc2c1. The Morgan fingerprint density at radius 3 is 2.24 bits per heavy atom. The van der Waals surface area contributed by atoms with E-state index in [2.05, 4.69) is 0 Å². The van der Waals surface area contributed by atoms with E-state index < -0.39 is 22.9 Å². The van der Waals surface area contributed by atoms with Gasteiger partial charge in [-0.2, -0.15) is 13.2 Å². The summed E-state index contributed by atoms with van der Waals surface area (Å²) in [7, 11) is 2.85. The van der Waals surface area contributed by atoms with Gasteiger partial charge in [0.2, 0.25) is 11.2 Å². The van der Waals surface area contributed by atoms with Crippen LogP contribution in [0.5, 0.6) is 17.2 Å². The van der Waals surface area contributed by atoms with Gasteiger partial charge in [0.25, 0.3) is 0 Å². The Labute approximate surface area is 186 Å². The third-order valence-electron chi connectivity index (χ3n) is 5.08. The summed E-state index contributed by atoms with van der Waals surface area (Å²) in [6, 6.07) is 17.4. The molecule has 4 aromatic rings. The fraction of sp³-hybridized carbons (Fsp3) is 0.160. The first-order valence-corrected chi connectivity index (χ1v) is 9.89. The van der Waals surface area contributed by atoms with E-state index >= 15 is 0 Å². The molecule has 0 aliphatic carbocycles. The van der Waals surface area contributed by atoms with E-state index in [0.717, 1.165) is 5.56 Å². The summed E-state index contributed by atoms with van der Waals surface area (Å²) in [4.78, 5) is 13.2. The topological polar surface area (TPSA) is 57.9 Å². The lowest BCUT2D eigenvalue weighted by molar-refractivity contribution is -0.152. The standard InChI is InChI=1S/C25H19F3O5/c1-30-19-9-5-3-7-15(19)14-32-16-11-12-18-21(13-16)33-24(25(26,27)28)22(23(18)29)17-8-4-6-10-20(17)31-2/h3-13H,14H2,1-2H3. The Morgan fingerprint density at radius 1 is 0.879 bits per heavy atom. The second kappa shape index (κ2) is 8.90. The molecule has 0 bridgehead atoms. The van der Waals surface area contributed by atoms with Gasteiger partial charge in [-0.3, -0.25) is 4.79 Å². The molecule has 1 aromatic heterocycles. The van der Waals surface area contributed by atoms with E-state index in [0.29, 0.717) is 5.75 Å². The van der Waals surface area contributed by atoms with Crippen molar-refractivity contribution < 1.29 is 31.8 Å². The van der Waals surface area contributed by atoms with Crippen LogP contribution in [0.15, 0.2) is 75.9 Å². The predicted octanol–water partition coefficient (Wildman–Crippen LogP) is 6.08. The molecule has 3 aromatic carbocycles. The van der Waals surface area contributed by atoms with Gasteiger partial charge in [0.15, 0.2) is 0 Å². The van der Waals surface area contributed by atoms with Crippen molar-refractivity contribution in [2.45, 2.75) is 12.8 Å². The first kappa shape index (κ1) is 22.3. The van der Waals surface area contributed by atoms with Crippen LogP contribution < -0.4 is 19.6 Å². The van der Waals surface area contributed by atoms with Crippen LogP contribution in [0.4, 0.5) is 13.2 Å². The van der Waals surface area contributed by atoms with E-state index in [-0.39, 0.29) is 34.6 Å². The van der Waals surface area contributed by atoms with Crippen LogP contribution in [0.1, 0.15) is 11.3 Å². The van der Waals surface area contributed by atoms with Crippen LogP contribution in [-0.2, 0) is 12.8 Å². The number of methoxy groups -OCH3 is 2. The Kier molecular flexibility index (Phi) is 6.00. The van der Waals surface area contributed by atoms with Crippen molar-refractivity contribution in [3.8, 4) is 28.4 Å². The lowest BCUT2D eigenvalue weighted by atomic mass is 10.0. The minimum absolute atomic E-state index is 0.000487. The molecule has 0 saturated carbocycles. The van der Waals surface area contributed by atoms with E-state index in [1.165, 1.54) is 50.6 Å². The molecule has 0 amide bonds. The van der Waals surface area contributed by atoms with Gasteiger partial charge in [0.05, 0.1) is 25.2 Å². The van der Waals surface area contributed by atoms with Gasteiger partial charge in [-0.25, -0.2) is 0 Å². The first-order chi connectivity index (χ1) is 15.8. The van der Waals surface area contributed by atoms with Crippen molar-refractivity contribution in [1.29, 1.82) is 0 Å². The quantitative estimate of drug-likeness (QED) is 0.352. The monoisotopic (exact) mass is 456 g/mol. The molecule has 0 unspecified atom stereocenters. The van der Waals surface area contributed by atoms with Crippen LogP contribution in [0.3, 0.4) is 0 Å². The summed E-state index contributed by atoms with van der Waals surface area (Å²) in [5.74, 6) is -0.404. The summed E-state index contributed by atoms with van der Waals surface area (Å²) in [6.45, 7) is 0.116. The number of hydrogen-bond acceptors (Lipinski definition) is 5. The molecule has 8 heteroatoms. The number of fused-ring (bicyclic) bond motifs is 1. The van der Waals surface area contributed by atoms with Gasteiger partial charge in [-0.15, -0.1) is 0 Å². The van der Waals surface area contributed by atoms with E-state index in [4.69, 9.17) is 18.6 Å². The first-order valence-electron chi connectivity index (χ1n) is 9.89. The van der Waals surface area contributed by atoms with Crippen LogP contribution in [0.2, 0.25) is 0 Å².